The average Bonchev–Trinajstić information content (AvgIpc) is 2.64. The fourth-order valence-corrected chi connectivity index (χ4v) is 4.21. The van der Waals surface area contributed by atoms with Crippen LogP contribution in [0.3, 0.4) is 0 Å². The normalized spacial score (nSPS) is 11.6. The third-order valence-electron chi connectivity index (χ3n) is 4.15. The Morgan fingerprint density at radius 2 is 1.70 bits per heavy atom. The Kier molecular flexibility index (Phi) is 7.04. The number of benzene rings is 2. The Morgan fingerprint density at radius 3 is 2.33 bits per heavy atom. The van der Waals surface area contributed by atoms with Gasteiger partial charge in [0.15, 0.2) is 0 Å². The first-order valence-corrected chi connectivity index (χ1v) is 10.1. The molecule has 2 aromatic carbocycles. The molecule has 2 rings (SSSR count). The first kappa shape index (κ1) is 21.0. The van der Waals surface area contributed by atoms with Gasteiger partial charge in [0.1, 0.15) is 16.5 Å². The van der Waals surface area contributed by atoms with E-state index in [1.165, 1.54) is 12.1 Å². The van der Waals surface area contributed by atoms with E-state index in [-0.39, 0.29) is 37.4 Å². The Bertz CT molecular complexity index is 913. The van der Waals surface area contributed by atoms with Crippen molar-refractivity contribution in [2.45, 2.75) is 25.2 Å². The highest BCUT2D eigenvalue weighted by Gasteiger charge is 2.26. The van der Waals surface area contributed by atoms with Crippen LogP contribution in [0.2, 0.25) is 0 Å². The van der Waals surface area contributed by atoms with E-state index in [0.717, 1.165) is 16.4 Å². The van der Waals surface area contributed by atoms with Crippen LogP contribution in [0.25, 0.3) is 0 Å². The van der Waals surface area contributed by atoms with E-state index < -0.39 is 26.6 Å². The van der Waals surface area contributed by atoms with Crippen LogP contribution in [0.15, 0.2) is 47.4 Å². The smallest absolute Gasteiger partial charge is 0.251 e. The third-order valence-corrected chi connectivity index (χ3v) is 6.22. The molecule has 2 aromatic rings. The topological polar surface area (TPSA) is 66.5 Å². The molecule has 0 spiro atoms. The summed E-state index contributed by atoms with van der Waals surface area (Å²) >= 11 is 0. The molecule has 0 aliphatic carbocycles. The van der Waals surface area contributed by atoms with Crippen LogP contribution in [-0.2, 0) is 16.4 Å². The molecule has 146 valence electrons. The van der Waals surface area contributed by atoms with Crippen molar-refractivity contribution in [3.63, 3.8) is 0 Å². The Labute approximate surface area is 158 Å². The van der Waals surface area contributed by atoms with E-state index in [1.807, 2.05) is 0 Å². The third kappa shape index (κ3) is 4.90. The first-order chi connectivity index (χ1) is 12.8. The van der Waals surface area contributed by atoms with Crippen LogP contribution in [-0.4, -0.2) is 38.3 Å². The molecule has 0 aliphatic rings. The zero-order valence-electron chi connectivity index (χ0n) is 15.2. The van der Waals surface area contributed by atoms with Gasteiger partial charge < -0.3 is 5.32 Å². The molecule has 0 heterocycles. The quantitative estimate of drug-likeness (QED) is 0.746. The molecule has 0 aliphatic heterocycles. The van der Waals surface area contributed by atoms with Crippen molar-refractivity contribution in [2.24, 2.45) is 0 Å². The molecular weight excluding hydrogens is 374 g/mol. The highest BCUT2D eigenvalue weighted by molar-refractivity contribution is 7.89. The van der Waals surface area contributed by atoms with Crippen LogP contribution in [0.5, 0.6) is 0 Å². The lowest BCUT2D eigenvalue weighted by atomic mass is 10.1. The summed E-state index contributed by atoms with van der Waals surface area (Å²) in [6, 6.07) is 9.44. The largest absolute Gasteiger partial charge is 0.352 e. The predicted octanol–water partition coefficient (Wildman–Crippen LogP) is 2.97. The van der Waals surface area contributed by atoms with Gasteiger partial charge in [0.05, 0.1) is 0 Å². The Hall–Kier alpha value is -2.32. The van der Waals surface area contributed by atoms with Crippen LogP contribution in [0.1, 0.15) is 29.8 Å². The molecule has 27 heavy (non-hydrogen) atoms. The molecule has 8 heteroatoms. The molecule has 0 unspecified atom stereocenters. The van der Waals surface area contributed by atoms with E-state index >= 15 is 0 Å². The van der Waals surface area contributed by atoms with Gasteiger partial charge in [-0.3, -0.25) is 4.79 Å². The molecule has 1 N–H and O–H groups in total. The number of carbonyl (C=O) groups excluding carboxylic acids is 1. The maximum Gasteiger partial charge on any atom is 0.251 e. The van der Waals surface area contributed by atoms with Crippen molar-refractivity contribution in [3.8, 4) is 0 Å². The average molecular weight is 396 g/mol. The summed E-state index contributed by atoms with van der Waals surface area (Å²) in [6.45, 7) is 3.85. The molecule has 0 fully saturated rings. The summed E-state index contributed by atoms with van der Waals surface area (Å²) in [5, 5.41) is 2.59. The van der Waals surface area contributed by atoms with Gasteiger partial charge in [0.25, 0.3) is 5.91 Å². The zero-order chi connectivity index (χ0) is 20.0. The number of nitrogens with one attached hydrogen (secondary N) is 1. The second-order valence-corrected chi connectivity index (χ2v) is 7.74. The fraction of sp³-hybridized carbons (Fsp3) is 0.316. The fourth-order valence-electron chi connectivity index (χ4n) is 2.66. The highest BCUT2D eigenvalue weighted by atomic mass is 32.2. The molecule has 0 saturated carbocycles. The highest BCUT2D eigenvalue weighted by Crippen LogP contribution is 2.21. The summed E-state index contributed by atoms with van der Waals surface area (Å²) in [5.74, 6) is -1.83. The van der Waals surface area contributed by atoms with Gasteiger partial charge in [-0.25, -0.2) is 17.2 Å². The predicted molar refractivity (Wildman–Crippen MR) is 98.9 cm³/mol. The van der Waals surface area contributed by atoms with Crippen molar-refractivity contribution in [1.29, 1.82) is 0 Å². The lowest BCUT2D eigenvalue weighted by molar-refractivity contribution is 0.0953. The van der Waals surface area contributed by atoms with Gasteiger partial charge in [0.2, 0.25) is 10.0 Å². The number of rotatable bonds is 8. The summed E-state index contributed by atoms with van der Waals surface area (Å²) in [5.41, 5.74) is 0.484. The molecule has 5 nitrogen and oxygen atoms in total. The molecule has 0 radical (unpaired) electrons. The second-order valence-electron chi connectivity index (χ2n) is 5.83. The van der Waals surface area contributed by atoms with Gasteiger partial charge in [-0.2, -0.15) is 4.31 Å². The van der Waals surface area contributed by atoms with Crippen molar-refractivity contribution in [2.75, 3.05) is 19.6 Å². The summed E-state index contributed by atoms with van der Waals surface area (Å²) in [4.78, 5) is 11.7. The molecule has 0 atom stereocenters. The minimum Gasteiger partial charge on any atom is -0.352 e. The summed E-state index contributed by atoms with van der Waals surface area (Å²) in [7, 11) is -4.03. The minimum atomic E-state index is -4.03. The Balaban J connectivity index is 2.15. The van der Waals surface area contributed by atoms with Gasteiger partial charge in [-0.1, -0.05) is 32.0 Å². The number of hydrogen-bond donors (Lipinski definition) is 1. The number of hydrogen-bond acceptors (Lipinski definition) is 3. The maximum absolute atomic E-state index is 14.1. The number of halogens is 2. The molecule has 0 aromatic heterocycles. The van der Waals surface area contributed by atoms with Gasteiger partial charge in [-0.15, -0.1) is 0 Å². The van der Waals surface area contributed by atoms with E-state index in [1.54, 1.807) is 32.0 Å². The SMILES string of the molecule is CCN(CC)S(=O)(=O)c1cc(C(=O)NCCc2ccccc2F)ccc1F. The first-order valence-electron chi connectivity index (χ1n) is 8.62. The zero-order valence-corrected chi connectivity index (χ0v) is 16.0. The molecular formula is C19H22F2N2O3S. The summed E-state index contributed by atoms with van der Waals surface area (Å²) < 4.78 is 53.9. The number of sulfonamides is 1. The molecule has 0 saturated heterocycles. The van der Waals surface area contributed by atoms with E-state index in [2.05, 4.69) is 5.32 Å². The van der Waals surface area contributed by atoms with Gasteiger partial charge in [-0.05, 0) is 36.2 Å². The van der Waals surface area contributed by atoms with Crippen molar-refractivity contribution in [3.05, 3.63) is 65.2 Å². The molecule has 0 bridgehead atoms. The molecule has 1 amide bonds. The Morgan fingerprint density at radius 1 is 1.04 bits per heavy atom. The van der Waals surface area contributed by atoms with E-state index in [9.17, 15) is 22.0 Å². The number of amides is 1. The monoisotopic (exact) mass is 396 g/mol. The van der Waals surface area contributed by atoms with Crippen LogP contribution in [0, 0.1) is 11.6 Å². The second kappa shape index (κ2) is 9.05. The van der Waals surface area contributed by atoms with Gasteiger partial charge in [0, 0.05) is 25.2 Å². The standard InChI is InChI=1S/C19H22F2N2O3S/c1-3-23(4-2)27(25,26)18-13-15(9-10-17(18)21)19(24)22-12-11-14-7-5-6-8-16(14)20/h5-10,13H,3-4,11-12H2,1-2H3,(H,22,24). The summed E-state index contributed by atoms with van der Waals surface area (Å²) in [6.07, 6.45) is 0.282. The van der Waals surface area contributed by atoms with Crippen molar-refractivity contribution < 1.29 is 22.0 Å². The van der Waals surface area contributed by atoms with Crippen molar-refractivity contribution in [1.82, 2.24) is 9.62 Å². The van der Waals surface area contributed by atoms with Crippen LogP contribution < -0.4 is 5.32 Å². The minimum absolute atomic E-state index is 0.0238. The van der Waals surface area contributed by atoms with Gasteiger partial charge >= 0.3 is 0 Å². The number of carbonyl (C=O) groups is 1. The number of nitrogens with zero attached hydrogens (tertiary/aromatic N) is 1. The maximum atomic E-state index is 14.1. The van der Waals surface area contributed by atoms with Crippen molar-refractivity contribution >= 4 is 15.9 Å². The lowest BCUT2D eigenvalue weighted by Crippen LogP contribution is -2.32. The van der Waals surface area contributed by atoms with E-state index in [0.29, 0.717) is 5.56 Å². The van der Waals surface area contributed by atoms with E-state index in [4.69, 9.17) is 0 Å². The van der Waals surface area contributed by atoms with Crippen LogP contribution in [0.4, 0.5) is 8.78 Å². The lowest BCUT2D eigenvalue weighted by Gasteiger charge is -2.19. The van der Waals surface area contributed by atoms with Crippen LogP contribution >= 0.6 is 0 Å².